The van der Waals surface area contributed by atoms with Crippen LogP contribution in [0.4, 0.5) is 5.82 Å². The molecule has 23 heavy (non-hydrogen) atoms. The van der Waals surface area contributed by atoms with E-state index in [0.717, 1.165) is 28.6 Å². The van der Waals surface area contributed by atoms with Gasteiger partial charge in [-0.1, -0.05) is 20.8 Å². The van der Waals surface area contributed by atoms with Crippen LogP contribution in [0.5, 0.6) is 0 Å². The molecule has 2 heterocycles. The van der Waals surface area contributed by atoms with Gasteiger partial charge in [-0.05, 0) is 25.1 Å². The quantitative estimate of drug-likeness (QED) is 0.803. The van der Waals surface area contributed by atoms with Crippen LogP contribution in [0, 0.1) is 6.92 Å². The van der Waals surface area contributed by atoms with Gasteiger partial charge in [-0.25, -0.2) is 15.0 Å². The van der Waals surface area contributed by atoms with Crippen molar-refractivity contribution in [2.45, 2.75) is 52.4 Å². The molecule has 2 rings (SSSR count). The lowest BCUT2D eigenvalue weighted by atomic mass is 10.2. The average Bonchev–Trinajstić information content (AvgIpc) is 2.71. The number of aromatic nitrogens is 4. The molecule has 0 atom stereocenters. The molecule has 0 spiro atoms. The van der Waals surface area contributed by atoms with E-state index in [0.29, 0.717) is 6.61 Å². The first-order chi connectivity index (χ1) is 10.4. The summed E-state index contributed by atoms with van der Waals surface area (Å²) in [6, 6.07) is 0. The largest absolute Gasteiger partial charge is 0.409 e. The van der Waals surface area contributed by atoms with Crippen molar-refractivity contribution in [1.29, 1.82) is 0 Å². The summed E-state index contributed by atoms with van der Waals surface area (Å²) in [6.45, 7) is 13.7. The SMILES string of the molecule is Cc1nc(N(C)C)c2nc(CO[Si](C)(C)C(C)(C)C)n(C)c2n1. The van der Waals surface area contributed by atoms with Crippen molar-refractivity contribution in [3.05, 3.63) is 11.6 Å². The minimum Gasteiger partial charge on any atom is -0.409 e. The minimum absolute atomic E-state index is 0.183. The Labute approximate surface area is 140 Å². The number of hydrogen-bond acceptors (Lipinski definition) is 5. The van der Waals surface area contributed by atoms with E-state index in [1.165, 1.54) is 0 Å². The van der Waals surface area contributed by atoms with Crippen LogP contribution >= 0.6 is 0 Å². The molecular formula is C16H29N5OSi. The van der Waals surface area contributed by atoms with Crippen molar-refractivity contribution < 1.29 is 4.43 Å². The predicted octanol–water partition coefficient (Wildman–Crippen LogP) is 3.26. The van der Waals surface area contributed by atoms with Gasteiger partial charge in [0.05, 0.1) is 6.61 Å². The Morgan fingerprint density at radius 2 is 1.74 bits per heavy atom. The van der Waals surface area contributed by atoms with Crippen LogP contribution in [0.3, 0.4) is 0 Å². The molecule has 0 aromatic carbocycles. The highest BCUT2D eigenvalue weighted by atomic mass is 28.4. The monoisotopic (exact) mass is 335 g/mol. The van der Waals surface area contributed by atoms with Gasteiger partial charge in [0.1, 0.15) is 11.6 Å². The smallest absolute Gasteiger partial charge is 0.192 e. The van der Waals surface area contributed by atoms with Gasteiger partial charge in [0.15, 0.2) is 25.3 Å². The summed E-state index contributed by atoms with van der Waals surface area (Å²) in [6.07, 6.45) is 0. The number of anilines is 1. The van der Waals surface area contributed by atoms with Crippen LogP contribution in [-0.2, 0) is 18.1 Å². The number of aryl methyl sites for hydroxylation is 2. The van der Waals surface area contributed by atoms with Crippen LogP contribution in [0.25, 0.3) is 11.2 Å². The second kappa shape index (κ2) is 5.87. The standard InChI is InChI=1S/C16H29N5OSi/c1-11-17-14(20(5)6)13-15(18-11)21(7)12(19-13)10-22-23(8,9)16(2,3)4/h10H2,1-9H3. The first-order valence-electron chi connectivity index (χ1n) is 7.95. The van der Waals surface area contributed by atoms with Crippen molar-refractivity contribution in [3.63, 3.8) is 0 Å². The van der Waals surface area contributed by atoms with Gasteiger partial charge < -0.3 is 13.9 Å². The third-order valence-corrected chi connectivity index (χ3v) is 9.18. The van der Waals surface area contributed by atoms with Gasteiger partial charge in [0, 0.05) is 21.1 Å². The average molecular weight is 336 g/mol. The van der Waals surface area contributed by atoms with Crippen LogP contribution in [0.2, 0.25) is 18.1 Å². The highest BCUT2D eigenvalue weighted by molar-refractivity contribution is 6.74. The van der Waals surface area contributed by atoms with Gasteiger partial charge >= 0.3 is 0 Å². The van der Waals surface area contributed by atoms with Gasteiger partial charge in [-0.2, -0.15) is 0 Å². The Hall–Kier alpha value is -1.47. The Morgan fingerprint density at radius 3 is 2.26 bits per heavy atom. The van der Waals surface area contributed by atoms with Gasteiger partial charge in [0.2, 0.25) is 0 Å². The molecule has 0 saturated heterocycles. The van der Waals surface area contributed by atoms with Crippen LogP contribution in [0.15, 0.2) is 0 Å². The topological polar surface area (TPSA) is 56.1 Å². The minimum atomic E-state index is -1.81. The molecule has 0 aliphatic rings. The molecule has 2 aromatic rings. The number of fused-ring (bicyclic) bond motifs is 1. The fourth-order valence-electron chi connectivity index (χ4n) is 2.10. The molecule has 128 valence electrons. The first-order valence-corrected chi connectivity index (χ1v) is 10.9. The van der Waals surface area contributed by atoms with E-state index in [1.54, 1.807) is 0 Å². The maximum atomic E-state index is 6.31. The first kappa shape index (κ1) is 17.9. The predicted molar refractivity (Wildman–Crippen MR) is 97.4 cm³/mol. The van der Waals surface area contributed by atoms with Crippen molar-refractivity contribution in [2.24, 2.45) is 7.05 Å². The summed E-state index contributed by atoms with van der Waals surface area (Å²) < 4.78 is 8.33. The lowest BCUT2D eigenvalue weighted by molar-refractivity contribution is 0.264. The lowest BCUT2D eigenvalue weighted by Gasteiger charge is -2.35. The maximum Gasteiger partial charge on any atom is 0.192 e. The van der Waals surface area contributed by atoms with E-state index < -0.39 is 8.32 Å². The van der Waals surface area contributed by atoms with Crippen LogP contribution < -0.4 is 4.90 Å². The van der Waals surface area contributed by atoms with E-state index in [9.17, 15) is 0 Å². The summed E-state index contributed by atoms with van der Waals surface area (Å²) in [5, 5.41) is 0.183. The molecule has 0 aliphatic heterocycles. The molecule has 0 aliphatic carbocycles. The lowest BCUT2D eigenvalue weighted by Crippen LogP contribution is -2.40. The summed E-state index contributed by atoms with van der Waals surface area (Å²) in [5.41, 5.74) is 1.69. The summed E-state index contributed by atoms with van der Waals surface area (Å²) in [5.74, 6) is 2.50. The van der Waals surface area contributed by atoms with Gasteiger partial charge in [-0.15, -0.1) is 0 Å². The van der Waals surface area contributed by atoms with E-state index >= 15 is 0 Å². The fourth-order valence-corrected chi connectivity index (χ4v) is 3.02. The van der Waals surface area contributed by atoms with E-state index in [1.807, 2.05) is 37.5 Å². The molecule has 0 N–H and O–H groups in total. The van der Waals surface area contributed by atoms with Crippen LogP contribution in [0.1, 0.15) is 32.4 Å². The number of hydrogen-bond donors (Lipinski definition) is 0. The number of nitrogens with zero attached hydrogens (tertiary/aromatic N) is 5. The van der Waals surface area contributed by atoms with Crippen molar-refractivity contribution in [2.75, 3.05) is 19.0 Å². The molecule has 0 saturated carbocycles. The Balaban J connectivity index is 2.40. The summed E-state index contributed by atoms with van der Waals surface area (Å²) >= 11 is 0. The molecule has 7 heteroatoms. The number of imidazole rings is 1. The highest BCUT2D eigenvalue weighted by Gasteiger charge is 2.37. The molecule has 0 amide bonds. The fraction of sp³-hybridized carbons (Fsp3) is 0.688. The zero-order valence-electron chi connectivity index (χ0n) is 15.9. The van der Waals surface area contributed by atoms with Gasteiger partial charge in [-0.3, -0.25) is 0 Å². The third kappa shape index (κ3) is 3.40. The summed E-state index contributed by atoms with van der Waals surface area (Å²) in [4.78, 5) is 15.8. The molecule has 2 aromatic heterocycles. The molecule has 0 unspecified atom stereocenters. The Bertz CT molecular complexity index is 715. The molecule has 0 radical (unpaired) electrons. The highest BCUT2D eigenvalue weighted by Crippen LogP contribution is 2.37. The molecule has 0 fully saturated rings. The van der Waals surface area contributed by atoms with E-state index in [-0.39, 0.29) is 5.04 Å². The Morgan fingerprint density at radius 1 is 1.13 bits per heavy atom. The third-order valence-electron chi connectivity index (χ3n) is 4.70. The zero-order chi connectivity index (χ0) is 17.6. The van der Waals surface area contributed by atoms with Crippen molar-refractivity contribution in [3.8, 4) is 0 Å². The van der Waals surface area contributed by atoms with Gasteiger partial charge in [0.25, 0.3) is 0 Å². The molecule has 6 nitrogen and oxygen atoms in total. The van der Waals surface area contributed by atoms with E-state index in [2.05, 4.69) is 43.8 Å². The van der Waals surface area contributed by atoms with E-state index in [4.69, 9.17) is 9.41 Å². The molecular weight excluding hydrogens is 306 g/mol. The van der Waals surface area contributed by atoms with Crippen molar-refractivity contribution >= 4 is 25.3 Å². The number of rotatable bonds is 4. The Kier molecular flexibility index (Phi) is 4.56. The van der Waals surface area contributed by atoms with Crippen LogP contribution in [-0.4, -0.2) is 41.9 Å². The maximum absolute atomic E-state index is 6.31. The van der Waals surface area contributed by atoms with Crippen molar-refractivity contribution in [1.82, 2.24) is 19.5 Å². The molecule has 0 bridgehead atoms. The second-order valence-corrected chi connectivity index (χ2v) is 12.6. The summed E-state index contributed by atoms with van der Waals surface area (Å²) in [7, 11) is 4.13. The zero-order valence-corrected chi connectivity index (χ0v) is 16.9. The normalized spacial score (nSPS) is 12.9. The second-order valence-electron chi connectivity index (χ2n) is 7.80.